The highest BCUT2D eigenvalue weighted by Gasteiger charge is 2.33. The lowest BCUT2D eigenvalue weighted by atomic mass is 9.95. The van der Waals surface area contributed by atoms with Crippen molar-refractivity contribution in [2.75, 3.05) is 25.6 Å². The second-order valence-electron chi connectivity index (χ2n) is 9.90. The van der Waals surface area contributed by atoms with Crippen molar-refractivity contribution in [1.29, 1.82) is 0 Å². The van der Waals surface area contributed by atoms with E-state index < -0.39 is 12.0 Å². The van der Waals surface area contributed by atoms with E-state index in [2.05, 4.69) is 56.2 Å². The van der Waals surface area contributed by atoms with E-state index >= 15 is 0 Å². The molecule has 1 aliphatic heterocycles. The molecule has 5 rings (SSSR count). The summed E-state index contributed by atoms with van der Waals surface area (Å²) in [5.41, 5.74) is 4.42. The Morgan fingerprint density at radius 1 is 1.10 bits per heavy atom. The van der Waals surface area contributed by atoms with Crippen molar-refractivity contribution in [1.82, 2.24) is 4.57 Å². The van der Waals surface area contributed by atoms with E-state index in [4.69, 9.17) is 9.47 Å². The van der Waals surface area contributed by atoms with E-state index in [1.54, 1.807) is 18.4 Å². The van der Waals surface area contributed by atoms with Gasteiger partial charge < -0.3 is 14.4 Å². The number of carbonyl (C=O) groups excluding carboxylic acids is 1. The number of benzene rings is 3. The van der Waals surface area contributed by atoms with E-state index in [9.17, 15) is 9.59 Å². The first-order chi connectivity index (χ1) is 20.2. The molecular weight excluding hydrogens is 776 g/mol. The fourth-order valence-electron chi connectivity index (χ4n) is 4.74. The van der Waals surface area contributed by atoms with Gasteiger partial charge in [0.15, 0.2) is 4.80 Å². The Hall–Kier alpha value is -2.97. The smallest absolute Gasteiger partial charge is 0.338 e. The fourth-order valence-corrected chi connectivity index (χ4v) is 7.54. The van der Waals surface area contributed by atoms with Gasteiger partial charge in [0.25, 0.3) is 5.56 Å². The number of carbonyl (C=O) groups is 1. The fraction of sp³-hybridized carbons (Fsp3) is 0.219. The second-order valence-corrected chi connectivity index (χ2v) is 13.3. The zero-order chi connectivity index (χ0) is 30.0. The van der Waals surface area contributed by atoms with Gasteiger partial charge in [-0.25, -0.2) is 9.79 Å². The molecule has 4 aromatic rings. The summed E-state index contributed by atoms with van der Waals surface area (Å²) in [5.74, 6) is 0.367. The SMILES string of the molecule is CCOC(=O)C1=C(C)N=c2s/c(=C\c3cccc(COc4ccc(I)cc4I)c3)c(=O)n2[C@H]1c1ccc(N(C)C)cc1. The van der Waals surface area contributed by atoms with Gasteiger partial charge in [-0.1, -0.05) is 41.7 Å². The zero-order valence-electron chi connectivity index (χ0n) is 23.6. The quantitative estimate of drug-likeness (QED) is 0.170. The number of nitrogens with zero attached hydrogens (tertiary/aromatic N) is 3. The molecule has 0 fully saturated rings. The van der Waals surface area contributed by atoms with Gasteiger partial charge in [0.05, 0.1) is 32.0 Å². The summed E-state index contributed by atoms with van der Waals surface area (Å²) in [7, 11) is 3.94. The molecule has 3 aromatic carbocycles. The van der Waals surface area contributed by atoms with E-state index in [0.29, 0.717) is 27.2 Å². The molecule has 0 radical (unpaired) electrons. The standard InChI is InChI=1S/C32H29I2N3O4S/c1-5-40-31(39)28-19(2)35-32-37(29(28)22-9-12-24(13-10-22)36(3)4)30(38)27(42-32)16-20-7-6-8-21(15-20)18-41-26-14-11-23(33)17-25(26)34/h6-17,29H,5,18H2,1-4H3/b27-16-/t29-/m0/s1. The lowest BCUT2D eigenvalue weighted by Gasteiger charge is -2.25. The number of hydrogen-bond donors (Lipinski definition) is 0. The Balaban J connectivity index is 1.53. The Bertz CT molecular complexity index is 1860. The minimum absolute atomic E-state index is 0.204. The van der Waals surface area contributed by atoms with E-state index in [1.165, 1.54) is 11.3 Å². The minimum atomic E-state index is -0.644. The number of anilines is 1. The molecule has 2 heterocycles. The Kier molecular flexibility index (Phi) is 9.53. The highest BCUT2D eigenvalue weighted by atomic mass is 127. The van der Waals surface area contributed by atoms with Crippen LogP contribution >= 0.6 is 56.5 Å². The molecular formula is C32H29I2N3O4S. The number of hydrogen-bond acceptors (Lipinski definition) is 7. The number of halogens is 2. The number of fused-ring (bicyclic) bond motifs is 1. The summed E-state index contributed by atoms with van der Waals surface area (Å²) in [6.07, 6.45) is 1.87. The molecule has 0 spiro atoms. The number of allylic oxidation sites excluding steroid dienone is 1. The van der Waals surface area contributed by atoms with Crippen molar-refractivity contribution >= 4 is 74.3 Å². The molecule has 1 aliphatic rings. The number of ether oxygens (including phenoxy) is 2. The third-order valence-corrected chi connectivity index (χ3v) is 9.28. The number of esters is 1. The maximum absolute atomic E-state index is 13.9. The first-order valence-electron chi connectivity index (χ1n) is 13.3. The van der Waals surface area contributed by atoms with Crippen LogP contribution in [-0.4, -0.2) is 31.2 Å². The van der Waals surface area contributed by atoms with Crippen LogP contribution in [0.1, 0.15) is 36.6 Å². The highest BCUT2D eigenvalue weighted by Crippen LogP contribution is 2.31. The maximum atomic E-state index is 13.9. The second kappa shape index (κ2) is 13.1. The summed E-state index contributed by atoms with van der Waals surface area (Å²) < 4.78 is 15.8. The maximum Gasteiger partial charge on any atom is 0.338 e. The molecule has 0 saturated carbocycles. The third-order valence-electron chi connectivity index (χ3n) is 6.78. The van der Waals surface area contributed by atoms with Gasteiger partial charge in [-0.3, -0.25) is 9.36 Å². The van der Waals surface area contributed by atoms with Crippen molar-refractivity contribution in [3.63, 3.8) is 0 Å². The van der Waals surface area contributed by atoms with Gasteiger partial charge in [-0.2, -0.15) is 0 Å². The van der Waals surface area contributed by atoms with E-state index in [-0.39, 0.29) is 12.2 Å². The largest absolute Gasteiger partial charge is 0.488 e. The van der Waals surface area contributed by atoms with Gasteiger partial charge in [0.2, 0.25) is 0 Å². The normalized spacial score (nSPS) is 14.8. The minimum Gasteiger partial charge on any atom is -0.488 e. The molecule has 0 N–H and O–H groups in total. The van der Waals surface area contributed by atoms with Gasteiger partial charge in [-0.15, -0.1) is 0 Å². The predicted octanol–water partition coefficient (Wildman–Crippen LogP) is 5.65. The monoisotopic (exact) mass is 805 g/mol. The Morgan fingerprint density at radius 3 is 2.55 bits per heavy atom. The van der Waals surface area contributed by atoms with Crippen LogP contribution in [0.2, 0.25) is 0 Å². The molecule has 0 aliphatic carbocycles. The Morgan fingerprint density at radius 2 is 1.86 bits per heavy atom. The van der Waals surface area contributed by atoms with Crippen LogP contribution in [0.5, 0.6) is 5.75 Å². The number of aromatic nitrogens is 1. The molecule has 0 amide bonds. The van der Waals surface area contributed by atoms with Crippen molar-refractivity contribution in [3.8, 4) is 5.75 Å². The molecule has 42 heavy (non-hydrogen) atoms. The molecule has 7 nitrogen and oxygen atoms in total. The van der Waals surface area contributed by atoms with E-state index in [0.717, 1.165) is 35.3 Å². The molecule has 1 aromatic heterocycles. The van der Waals surface area contributed by atoms with E-state index in [1.807, 2.05) is 85.7 Å². The van der Waals surface area contributed by atoms with Crippen molar-refractivity contribution in [3.05, 3.63) is 122 Å². The van der Waals surface area contributed by atoms with Gasteiger partial charge in [-0.05, 0) is 118 Å². The molecule has 0 unspecified atom stereocenters. The molecule has 1 atom stereocenters. The topological polar surface area (TPSA) is 73.1 Å². The third kappa shape index (κ3) is 6.50. The average Bonchev–Trinajstić information content (AvgIpc) is 3.26. The lowest BCUT2D eigenvalue weighted by molar-refractivity contribution is -0.139. The average molecular weight is 805 g/mol. The first kappa shape index (κ1) is 30.5. The molecule has 0 saturated heterocycles. The number of rotatable bonds is 8. The summed E-state index contributed by atoms with van der Waals surface area (Å²) >= 11 is 5.88. The van der Waals surface area contributed by atoms with Crippen LogP contribution in [0.4, 0.5) is 5.69 Å². The van der Waals surface area contributed by atoms with Crippen LogP contribution in [-0.2, 0) is 16.1 Å². The predicted molar refractivity (Wildman–Crippen MR) is 184 cm³/mol. The van der Waals surface area contributed by atoms with Gasteiger partial charge >= 0.3 is 5.97 Å². The molecule has 10 heteroatoms. The van der Waals surface area contributed by atoms with Crippen molar-refractivity contribution < 1.29 is 14.3 Å². The summed E-state index contributed by atoms with van der Waals surface area (Å²) in [6, 6.07) is 21.2. The number of thiazole rings is 1. The van der Waals surface area contributed by atoms with Crippen LogP contribution in [0.25, 0.3) is 6.08 Å². The molecule has 0 bridgehead atoms. The summed E-state index contributed by atoms with van der Waals surface area (Å²) in [6.45, 7) is 4.20. The van der Waals surface area contributed by atoms with Gasteiger partial charge in [0, 0.05) is 23.4 Å². The first-order valence-corrected chi connectivity index (χ1v) is 16.3. The van der Waals surface area contributed by atoms with Gasteiger partial charge in [0.1, 0.15) is 12.4 Å². The highest BCUT2D eigenvalue weighted by molar-refractivity contribution is 14.1. The lowest BCUT2D eigenvalue weighted by Crippen LogP contribution is -2.39. The van der Waals surface area contributed by atoms with Crippen LogP contribution in [0.3, 0.4) is 0 Å². The van der Waals surface area contributed by atoms with Crippen molar-refractivity contribution in [2.45, 2.75) is 26.5 Å². The summed E-state index contributed by atoms with van der Waals surface area (Å²) in [4.78, 5) is 34.3. The summed E-state index contributed by atoms with van der Waals surface area (Å²) in [5, 5.41) is 0. The Labute approximate surface area is 275 Å². The van der Waals surface area contributed by atoms with Crippen LogP contribution in [0, 0.1) is 7.14 Å². The molecule has 216 valence electrons. The van der Waals surface area contributed by atoms with Crippen molar-refractivity contribution in [2.24, 2.45) is 4.99 Å². The van der Waals surface area contributed by atoms with Crippen LogP contribution < -0.4 is 24.5 Å². The zero-order valence-corrected chi connectivity index (χ0v) is 28.7. The van der Waals surface area contributed by atoms with Crippen LogP contribution in [0.15, 0.2) is 87.8 Å².